The number of benzene rings is 4. The van der Waals surface area contributed by atoms with Crippen LogP contribution in [0.3, 0.4) is 0 Å². The van der Waals surface area contributed by atoms with Crippen molar-refractivity contribution in [2.24, 2.45) is 0 Å². The van der Waals surface area contributed by atoms with Crippen LogP contribution in [0.2, 0.25) is 0 Å². The number of para-hydroxylation sites is 1. The Labute approximate surface area is 210 Å². The van der Waals surface area contributed by atoms with Crippen LogP contribution in [-0.4, -0.2) is 31.2 Å². The standard InChI is InChI=1S/C31H26N2O3/c1-35-31(34)25-15-13-22(14-16-25)17-23(19-32-27-18-26-8-3-5-11-29(26)33-20-27)21-36-30-12-6-9-24-7-2-4-10-28(24)30/h2-18,20,32H,19,21H2,1H3. The van der Waals surface area contributed by atoms with Gasteiger partial charge in [-0.25, -0.2) is 4.79 Å². The third-order valence-corrected chi connectivity index (χ3v) is 5.98. The maximum absolute atomic E-state index is 11.8. The van der Waals surface area contributed by atoms with Crippen LogP contribution in [0.15, 0.2) is 109 Å². The van der Waals surface area contributed by atoms with Crippen LogP contribution >= 0.6 is 0 Å². The second-order valence-electron chi connectivity index (χ2n) is 8.45. The fourth-order valence-corrected chi connectivity index (χ4v) is 4.09. The fourth-order valence-electron chi connectivity index (χ4n) is 4.09. The summed E-state index contributed by atoms with van der Waals surface area (Å²) in [5, 5.41) is 6.78. The van der Waals surface area contributed by atoms with Gasteiger partial charge in [-0.05, 0) is 46.9 Å². The highest BCUT2D eigenvalue weighted by atomic mass is 16.5. The summed E-state index contributed by atoms with van der Waals surface area (Å²) in [7, 11) is 1.38. The molecule has 36 heavy (non-hydrogen) atoms. The Balaban J connectivity index is 1.38. The van der Waals surface area contributed by atoms with Gasteiger partial charge in [0.2, 0.25) is 0 Å². The molecular formula is C31H26N2O3. The predicted octanol–water partition coefficient (Wildman–Crippen LogP) is 6.75. The molecule has 5 heteroatoms. The molecule has 5 aromatic rings. The summed E-state index contributed by atoms with van der Waals surface area (Å²) >= 11 is 0. The molecule has 5 nitrogen and oxygen atoms in total. The number of hydrogen-bond donors (Lipinski definition) is 1. The van der Waals surface area contributed by atoms with Gasteiger partial charge >= 0.3 is 5.97 Å². The first-order valence-electron chi connectivity index (χ1n) is 11.8. The first kappa shape index (κ1) is 23.1. The molecule has 0 fully saturated rings. The lowest BCUT2D eigenvalue weighted by Gasteiger charge is -2.14. The van der Waals surface area contributed by atoms with Gasteiger partial charge in [-0.15, -0.1) is 0 Å². The number of fused-ring (bicyclic) bond motifs is 2. The van der Waals surface area contributed by atoms with Crippen molar-refractivity contribution in [3.05, 3.63) is 120 Å². The maximum Gasteiger partial charge on any atom is 0.337 e. The SMILES string of the molecule is COC(=O)c1ccc(C=C(CNc2cnc3ccccc3c2)COc2cccc3ccccc23)cc1. The second kappa shape index (κ2) is 10.7. The van der Waals surface area contributed by atoms with Crippen molar-refractivity contribution in [2.45, 2.75) is 0 Å². The smallest absolute Gasteiger partial charge is 0.337 e. The molecule has 0 saturated carbocycles. The van der Waals surface area contributed by atoms with E-state index < -0.39 is 0 Å². The summed E-state index contributed by atoms with van der Waals surface area (Å²) in [4.78, 5) is 16.3. The van der Waals surface area contributed by atoms with Crippen molar-refractivity contribution in [3.8, 4) is 5.75 Å². The fraction of sp³-hybridized carbons (Fsp3) is 0.0968. The van der Waals surface area contributed by atoms with Crippen LogP contribution in [0.4, 0.5) is 5.69 Å². The van der Waals surface area contributed by atoms with Crippen molar-refractivity contribution in [2.75, 3.05) is 25.6 Å². The molecular weight excluding hydrogens is 448 g/mol. The number of carbonyl (C=O) groups is 1. The minimum atomic E-state index is -0.351. The zero-order chi connectivity index (χ0) is 24.7. The minimum Gasteiger partial charge on any atom is -0.489 e. The van der Waals surface area contributed by atoms with Gasteiger partial charge < -0.3 is 14.8 Å². The lowest BCUT2D eigenvalue weighted by atomic mass is 10.1. The lowest BCUT2D eigenvalue weighted by Crippen LogP contribution is -2.12. The number of methoxy groups -OCH3 is 1. The molecule has 0 spiro atoms. The van der Waals surface area contributed by atoms with Crippen molar-refractivity contribution in [3.63, 3.8) is 0 Å². The summed E-state index contributed by atoms with van der Waals surface area (Å²) in [6.45, 7) is 0.976. The molecule has 0 radical (unpaired) electrons. The largest absolute Gasteiger partial charge is 0.489 e. The third-order valence-electron chi connectivity index (χ3n) is 5.98. The molecule has 0 saturated heterocycles. The van der Waals surface area contributed by atoms with Gasteiger partial charge in [0.15, 0.2) is 0 Å². The number of anilines is 1. The number of ether oxygens (including phenoxy) is 2. The van der Waals surface area contributed by atoms with Gasteiger partial charge in [-0.2, -0.15) is 0 Å². The van der Waals surface area contributed by atoms with Gasteiger partial charge in [0.25, 0.3) is 0 Å². The Bertz CT molecular complexity index is 1540. The topological polar surface area (TPSA) is 60.5 Å². The van der Waals surface area contributed by atoms with E-state index in [0.29, 0.717) is 18.7 Å². The zero-order valence-electron chi connectivity index (χ0n) is 20.0. The molecule has 1 aromatic heterocycles. The van der Waals surface area contributed by atoms with Gasteiger partial charge in [0.1, 0.15) is 12.4 Å². The molecule has 1 heterocycles. The number of aromatic nitrogens is 1. The third kappa shape index (κ3) is 5.36. The number of nitrogens with zero attached hydrogens (tertiary/aromatic N) is 1. The summed E-state index contributed by atoms with van der Waals surface area (Å²) < 4.78 is 11.1. The summed E-state index contributed by atoms with van der Waals surface area (Å²) in [5.74, 6) is 0.489. The summed E-state index contributed by atoms with van der Waals surface area (Å²) in [6, 6.07) is 31.7. The monoisotopic (exact) mass is 474 g/mol. The van der Waals surface area contributed by atoms with Crippen molar-refractivity contribution in [1.29, 1.82) is 0 Å². The first-order chi connectivity index (χ1) is 17.7. The highest BCUT2D eigenvalue weighted by molar-refractivity contribution is 5.89. The van der Waals surface area contributed by atoms with Crippen LogP contribution in [0.25, 0.3) is 27.8 Å². The Morgan fingerprint density at radius 2 is 1.64 bits per heavy atom. The van der Waals surface area contributed by atoms with E-state index in [1.807, 2.05) is 60.8 Å². The summed E-state index contributed by atoms with van der Waals surface area (Å²) in [6.07, 6.45) is 3.92. The number of nitrogens with one attached hydrogen (secondary N) is 1. The molecule has 0 aliphatic heterocycles. The molecule has 178 valence electrons. The van der Waals surface area contributed by atoms with Gasteiger partial charge in [0, 0.05) is 17.3 Å². The van der Waals surface area contributed by atoms with E-state index >= 15 is 0 Å². The van der Waals surface area contributed by atoms with Crippen LogP contribution in [0.1, 0.15) is 15.9 Å². The molecule has 5 rings (SSSR count). The molecule has 1 N–H and O–H groups in total. The highest BCUT2D eigenvalue weighted by Gasteiger charge is 2.07. The molecule has 0 atom stereocenters. The Morgan fingerprint density at radius 1 is 0.889 bits per heavy atom. The Hall–Kier alpha value is -4.64. The number of pyridine rings is 1. The Kier molecular flexibility index (Phi) is 6.90. The van der Waals surface area contributed by atoms with E-state index in [1.54, 1.807) is 12.1 Å². The van der Waals surface area contributed by atoms with Crippen LogP contribution in [0, 0.1) is 0 Å². The molecule has 0 unspecified atom stereocenters. The number of hydrogen-bond acceptors (Lipinski definition) is 5. The van der Waals surface area contributed by atoms with E-state index in [1.165, 1.54) is 7.11 Å². The summed E-state index contributed by atoms with van der Waals surface area (Å²) in [5.41, 5.74) is 4.43. The first-order valence-corrected chi connectivity index (χ1v) is 11.8. The van der Waals surface area contributed by atoms with Crippen molar-refractivity contribution >= 4 is 39.4 Å². The molecule has 0 aliphatic rings. The van der Waals surface area contributed by atoms with E-state index in [0.717, 1.165) is 44.2 Å². The molecule has 4 aromatic carbocycles. The van der Waals surface area contributed by atoms with Crippen LogP contribution < -0.4 is 10.1 Å². The quantitative estimate of drug-likeness (QED) is 0.252. The molecule has 0 aliphatic carbocycles. The average molecular weight is 475 g/mol. The van der Waals surface area contributed by atoms with Gasteiger partial charge in [0.05, 0.1) is 30.1 Å². The normalized spacial score (nSPS) is 11.4. The van der Waals surface area contributed by atoms with E-state index in [2.05, 4.69) is 46.7 Å². The van der Waals surface area contributed by atoms with Gasteiger partial charge in [-0.3, -0.25) is 4.98 Å². The maximum atomic E-state index is 11.8. The van der Waals surface area contributed by atoms with Crippen LogP contribution in [-0.2, 0) is 4.74 Å². The van der Waals surface area contributed by atoms with E-state index in [4.69, 9.17) is 9.47 Å². The number of rotatable bonds is 8. The average Bonchev–Trinajstić information content (AvgIpc) is 2.94. The van der Waals surface area contributed by atoms with E-state index in [9.17, 15) is 4.79 Å². The minimum absolute atomic E-state index is 0.351. The molecule has 0 bridgehead atoms. The number of carbonyl (C=O) groups excluding carboxylic acids is 1. The predicted molar refractivity (Wildman–Crippen MR) is 145 cm³/mol. The highest BCUT2D eigenvalue weighted by Crippen LogP contribution is 2.26. The van der Waals surface area contributed by atoms with Crippen LogP contribution in [0.5, 0.6) is 5.75 Å². The van der Waals surface area contributed by atoms with Gasteiger partial charge in [-0.1, -0.05) is 72.8 Å². The van der Waals surface area contributed by atoms with Crippen molar-refractivity contribution < 1.29 is 14.3 Å². The van der Waals surface area contributed by atoms with Crippen molar-refractivity contribution in [1.82, 2.24) is 4.98 Å². The molecule has 0 amide bonds. The number of esters is 1. The lowest BCUT2D eigenvalue weighted by molar-refractivity contribution is 0.0600. The zero-order valence-corrected chi connectivity index (χ0v) is 20.0. The second-order valence-corrected chi connectivity index (χ2v) is 8.45. The Morgan fingerprint density at radius 3 is 2.47 bits per heavy atom. The van der Waals surface area contributed by atoms with E-state index in [-0.39, 0.29) is 5.97 Å².